The summed E-state index contributed by atoms with van der Waals surface area (Å²) in [4.78, 5) is 0. The van der Waals surface area contributed by atoms with E-state index in [1.807, 2.05) is 5.56 Å². The Morgan fingerprint density at radius 2 is 1.71 bits per heavy atom. The first-order chi connectivity index (χ1) is 11.9. The van der Waals surface area contributed by atoms with E-state index in [4.69, 9.17) is 0 Å². The molecule has 0 N–H and O–H groups in total. The fraction of sp³-hybridized carbons (Fsp3) is 0.500. The topological polar surface area (TPSA) is 0 Å². The van der Waals surface area contributed by atoms with Gasteiger partial charge in [0.05, 0.1) is 0 Å². The van der Waals surface area contributed by atoms with Crippen LogP contribution in [0, 0.1) is 17.8 Å². The monoisotopic (exact) mass is 312 g/mol. The molecule has 0 aromatic heterocycles. The molecular weight excluding hydrogens is 288 g/mol. The van der Waals surface area contributed by atoms with Gasteiger partial charge in [0.25, 0.3) is 0 Å². The Labute approximate surface area is 144 Å². The van der Waals surface area contributed by atoms with Gasteiger partial charge in [-0.1, -0.05) is 48.9 Å². The number of hydrogen-bond acceptors (Lipinski definition) is 0. The summed E-state index contributed by atoms with van der Waals surface area (Å²) in [5, 5.41) is 0. The maximum absolute atomic E-state index is 2.53. The molecule has 5 aliphatic carbocycles. The molecule has 0 radical (unpaired) electrons. The molecule has 2 aromatic carbocycles. The van der Waals surface area contributed by atoms with Crippen molar-refractivity contribution in [1.29, 1.82) is 0 Å². The lowest BCUT2D eigenvalue weighted by Gasteiger charge is -2.46. The molecule has 6 unspecified atom stereocenters. The highest BCUT2D eigenvalue weighted by atomic mass is 14.7. The highest BCUT2D eigenvalue weighted by molar-refractivity contribution is 5.64. The molecule has 0 heterocycles. The Morgan fingerprint density at radius 3 is 2.71 bits per heavy atom. The van der Waals surface area contributed by atoms with Gasteiger partial charge in [-0.05, 0) is 89.5 Å². The van der Waals surface area contributed by atoms with E-state index in [1.165, 1.54) is 38.5 Å². The van der Waals surface area contributed by atoms with Crippen LogP contribution < -0.4 is 0 Å². The fourth-order valence-electron chi connectivity index (χ4n) is 8.42. The first-order valence-corrected chi connectivity index (χ1v) is 10.1. The first kappa shape index (κ1) is 12.8. The normalized spacial score (nSPS) is 42.6. The quantitative estimate of drug-likeness (QED) is 0.598. The molecule has 1 spiro atoms. The second-order valence-corrected chi connectivity index (χ2v) is 9.16. The largest absolute Gasteiger partial charge is 0.0620 e. The van der Waals surface area contributed by atoms with Gasteiger partial charge in [0.1, 0.15) is 0 Å². The molecule has 0 bridgehead atoms. The SMILES string of the molecule is c1cc2c3c(c1)C1CCCC1C31c3ccccc3C3CCC(C2)C31. The number of benzene rings is 2. The minimum Gasteiger partial charge on any atom is -0.0620 e. The molecule has 24 heavy (non-hydrogen) atoms. The summed E-state index contributed by atoms with van der Waals surface area (Å²) in [5.74, 6) is 4.45. The van der Waals surface area contributed by atoms with Gasteiger partial charge in [-0.15, -0.1) is 0 Å². The van der Waals surface area contributed by atoms with Gasteiger partial charge in [0.15, 0.2) is 0 Å². The second-order valence-electron chi connectivity index (χ2n) is 9.16. The number of rotatable bonds is 0. The van der Waals surface area contributed by atoms with E-state index >= 15 is 0 Å². The van der Waals surface area contributed by atoms with Crippen LogP contribution in [0.15, 0.2) is 42.5 Å². The summed E-state index contributed by atoms with van der Waals surface area (Å²) in [6.45, 7) is 0. The molecule has 0 amide bonds. The Hall–Kier alpha value is -1.56. The third-order valence-corrected chi connectivity index (χ3v) is 8.70. The van der Waals surface area contributed by atoms with Crippen molar-refractivity contribution >= 4 is 0 Å². The average Bonchev–Trinajstić information content (AvgIpc) is 3.35. The average molecular weight is 312 g/mol. The van der Waals surface area contributed by atoms with E-state index in [-0.39, 0.29) is 0 Å². The molecule has 2 saturated carbocycles. The molecule has 2 aromatic rings. The van der Waals surface area contributed by atoms with Crippen molar-refractivity contribution in [3.8, 4) is 0 Å². The molecule has 0 aliphatic heterocycles. The Kier molecular flexibility index (Phi) is 2.11. The van der Waals surface area contributed by atoms with Crippen LogP contribution in [0.3, 0.4) is 0 Å². The van der Waals surface area contributed by atoms with Crippen LogP contribution in [0.25, 0.3) is 0 Å². The summed E-state index contributed by atoms with van der Waals surface area (Å²) in [7, 11) is 0. The van der Waals surface area contributed by atoms with Crippen LogP contribution in [-0.2, 0) is 11.8 Å². The lowest BCUT2D eigenvalue weighted by molar-refractivity contribution is 0.171. The lowest BCUT2D eigenvalue weighted by atomic mass is 9.56. The van der Waals surface area contributed by atoms with Crippen molar-refractivity contribution < 1.29 is 0 Å². The van der Waals surface area contributed by atoms with E-state index in [0.717, 1.165) is 29.6 Å². The number of fused-ring (bicyclic) bond motifs is 4. The predicted octanol–water partition coefficient (Wildman–Crippen LogP) is 5.55. The molecule has 0 saturated heterocycles. The molecule has 2 fully saturated rings. The van der Waals surface area contributed by atoms with Gasteiger partial charge in [-0.3, -0.25) is 0 Å². The van der Waals surface area contributed by atoms with E-state index in [2.05, 4.69) is 42.5 Å². The summed E-state index contributed by atoms with van der Waals surface area (Å²) < 4.78 is 0. The maximum atomic E-state index is 2.53. The van der Waals surface area contributed by atoms with Crippen LogP contribution in [0.4, 0.5) is 0 Å². The van der Waals surface area contributed by atoms with Gasteiger partial charge < -0.3 is 0 Å². The van der Waals surface area contributed by atoms with Gasteiger partial charge in [-0.25, -0.2) is 0 Å². The third kappa shape index (κ3) is 1.14. The van der Waals surface area contributed by atoms with Gasteiger partial charge in [0.2, 0.25) is 0 Å². The predicted molar refractivity (Wildman–Crippen MR) is 96.4 cm³/mol. The minimum absolute atomic E-state index is 0.397. The van der Waals surface area contributed by atoms with Crippen molar-refractivity contribution in [2.75, 3.05) is 0 Å². The van der Waals surface area contributed by atoms with Gasteiger partial charge in [0, 0.05) is 5.41 Å². The van der Waals surface area contributed by atoms with Crippen molar-refractivity contribution in [3.05, 3.63) is 70.3 Å². The lowest BCUT2D eigenvalue weighted by Crippen LogP contribution is -2.44. The Balaban J connectivity index is 1.66. The van der Waals surface area contributed by atoms with Crippen molar-refractivity contribution in [1.82, 2.24) is 0 Å². The van der Waals surface area contributed by atoms with Gasteiger partial charge in [-0.2, -0.15) is 0 Å². The van der Waals surface area contributed by atoms with Crippen LogP contribution in [0.5, 0.6) is 0 Å². The standard InChI is InChI=1S/C24H24/c1-2-9-20-16(6-1)19-12-11-15-13-14-5-3-8-18-17-7-4-10-21(17)24(20,22(14)18)23(15)19/h1-3,5-6,8-9,15,17,19,21,23H,4,7,10-13H2. The molecular formula is C24H24. The Morgan fingerprint density at radius 1 is 0.792 bits per heavy atom. The zero-order valence-electron chi connectivity index (χ0n) is 14.2. The maximum Gasteiger partial charge on any atom is 0.0282 e. The second kappa shape index (κ2) is 3.98. The zero-order chi connectivity index (χ0) is 15.5. The van der Waals surface area contributed by atoms with Crippen LogP contribution >= 0.6 is 0 Å². The highest BCUT2D eigenvalue weighted by Crippen LogP contribution is 2.75. The molecule has 6 atom stereocenters. The van der Waals surface area contributed by atoms with Crippen molar-refractivity contribution in [3.63, 3.8) is 0 Å². The summed E-state index contributed by atoms with van der Waals surface area (Å²) in [6, 6.07) is 17.0. The van der Waals surface area contributed by atoms with E-state index in [1.54, 1.807) is 22.3 Å². The van der Waals surface area contributed by atoms with E-state index < -0.39 is 0 Å². The van der Waals surface area contributed by atoms with Crippen LogP contribution in [0.1, 0.15) is 71.8 Å². The molecule has 0 heteroatoms. The molecule has 5 aliphatic rings. The number of hydrogen-bond donors (Lipinski definition) is 0. The van der Waals surface area contributed by atoms with E-state index in [0.29, 0.717) is 5.41 Å². The van der Waals surface area contributed by atoms with Crippen LogP contribution in [-0.4, -0.2) is 0 Å². The molecule has 7 rings (SSSR count). The summed E-state index contributed by atoms with van der Waals surface area (Å²) >= 11 is 0. The van der Waals surface area contributed by atoms with Crippen molar-refractivity contribution in [2.45, 2.75) is 55.8 Å². The minimum atomic E-state index is 0.397. The zero-order valence-corrected chi connectivity index (χ0v) is 14.2. The first-order valence-electron chi connectivity index (χ1n) is 10.1. The van der Waals surface area contributed by atoms with Gasteiger partial charge >= 0.3 is 0 Å². The molecule has 0 nitrogen and oxygen atoms in total. The third-order valence-electron chi connectivity index (χ3n) is 8.70. The fourth-order valence-corrected chi connectivity index (χ4v) is 8.42. The van der Waals surface area contributed by atoms with E-state index in [9.17, 15) is 0 Å². The smallest absolute Gasteiger partial charge is 0.0282 e. The summed E-state index contributed by atoms with van der Waals surface area (Å²) in [6.07, 6.45) is 8.61. The Bertz CT molecular complexity index is 877. The highest BCUT2D eigenvalue weighted by Gasteiger charge is 2.68. The van der Waals surface area contributed by atoms with Crippen molar-refractivity contribution in [2.24, 2.45) is 17.8 Å². The van der Waals surface area contributed by atoms with Crippen LogP contribution in [0.2, 0.25) is 0 Å². The molecule has 120 valence electrons. The summed E-state index contributed by atoms with van der Waals surface area (Å²) in [5.41, 5.74) is 9.20.